The lowest BCUT2D eigenvalue weighted by Crippen LogP contribution is -2.05. The van der Waals surface area contributed by atoms with Crippen LogP contribution in [0.15, 0.2) is 36.5 Å². The molecule has 0 aliphatic rings. The highest BCUT2D eigenvalue weighted by atomic mass is 35.5. The van der Waals surface area contributed by atoms with Crippen LogP contribution in [0.25, 0.3) is 12.2 Å². The number of aromatic nitrogens is 1. The predicted octanol–water partition coefficient (Wildman–Crippen LogP) is 4.74. The van der Waals surface area contributed by atoms with Crippen molar-refractivity contribution in [3.8, 4) is 0 Å². The number of benzene rings is 1. The first-order valence-corrected chi connectivity index (χ1v) is 6.23. The van der Waals surface area contributed by atoms with Crippen LogP contribution in [0.1, 0.15) is 27.2 Å². The average Bonchev–Trinajstić information content (AvgIpc) is 2.44. The smallest absolute Gasteiger partial charge is 0.298 e. The number of carbonyl (C=O) groups is 1. The highest BCUT2D eigenvalue weighted by molar-refractivity contribution is 6.31. The van der Waals surface area contributed by atoms with E-state index in [-0.39, 0.29) is 0 Å². The first-order chi connectivity index (χ1) is 9.88. The third-order valence-corrected chi connectivity index (χ3v) is 2.86. The van der Waals surface area contributed by atoms with E-state index in [0.717, 1.165) is 12.3 Å². The molecule has 0 amide bonds. The quantitative estimate of drug-likeness (QED) is 0.767. The molecule has 1 aromatic carbocycles. The second-order valence-electron chi connectivity index (χ2n) is 4.24. The second-order valence-corrected chi connectivity index (χ2v) is 4.68. The molecule has 0 atom stereocenters. The lowest BCUT2D eigenvalue weighted by atomic mass is 10.1. The lowest BCUT2D eigenvalue weighted by molar-refractivity contribution is -0.137. The first-order valence-electron chi connectivity index (χ1n) is 5.85. The maximum absolute atomic E-state index is 12.4. The van der Waals surface area contributed by atoms with E-state index in [0.29, 0.717) is 28.1 Å². The van der Waals surface area contributed by atoms with Gasteiger partial charge in [-0.2, -0.15) is 13.2 Å². The van der Waals surface area contributed by atoms with E-state index in [9.17, 15) is 18.0 Å². The Balaban J connectivity index is 2.21. The molecular formula is C15H9ClF3NO. The van der Waals surface area contributed by atoms with E-state index in [4.69, 9.17) is 11.6 Å². The molecule has 0 saturated carbocycles. The summed E-state index contributed by atoms with van der Waals surface area (Å²) in [5, 5.41) is 0.402. The van der Waals surface area contributed by atoms with Crippen LogP contribution in [0.2, 0.25) is 5.02 Å². The number of carbonyl (C=O) groups excluding carboxylic acids is 1. The fourth-order valence-corrected chi connectivity index (χ4v) is 1.91. The van der Waals surface area contributed by atoms with E-state index >= 15 is 0 Å². The van der Waals surface area contributed by atoms with Crippen LogP contribution in [-0.2, 0) is 6.18 Å². The molecule has 0 fully saturated rings. The van der Waals surface area contributed by atoms with E-state index in [1.807, 2.05) is 0 Å². The Kier molecular flexibility index (Phi) is 4.43. The molecule has 0 unspecified atom stereocenters. The number of hydrogen-bond donors (Lipinski definition) is 0. The fourth-order valence-electron chi connectivity index (χ4n) is 1.65. The summed E-state index contributed by atoms with van der Waals surface area (Å²) in [6.45, 7) is 0. The number of hydrogen-bond acceptors (Lipinski definition) is 2. The fraction of sp³-hybridized carbons (Fsp3) is 0.0667. The average molecular weight is 312 g/mol. The molecule has 0 spiro atoms. The molecule has 6 heteroatoms. The van der Waals surface area contributed by atoms with Crippen molar-refractivity contribution in [2.45, 2.75) is 6.18 Å². The molecule has 0 bridgehead atoms. The molecule has 2 aromatic rings. The standard InChI is InChI=1S/C15H9ClF3NO/c16-13-6-10(5-11(7-13)9-21)1-3-14-4-2-12(8-20-14)15(17,18)19/h1-9H/b3-1+. The second kappa shape index (κ2) is 6.10. The number of alkyl halides is 3. The number of aldehydes is 1. The Labute approximate surface area is 123 Å². The van der Waals surface area contributed by atoms with Gasteiger partial charge in [0.25, 0.3) is 0 Å². The van der Waals surface area contributed by atoms with Gasteiger partial charge in [0.1, 0.15) is 6.29 Å². The minimum absolute atomic E-state index is 0.371. The maximum Gasteiger partial charge on any atom is 0.417 e. The van der Waals surface area contributed by atoms with Crippen molar-refractivity contribution in [1.29, 1.82) is 0 Å². The van der Waals surface area contributed by atoms with E-state index < -0.39 is 11.7 Å². The zero-order valence-corrected chi connectivity index (χ0v) is 11.3. The van der Waals surface area contributed by atoms with E-state index in [2.05, 4.69) is 4.98 Å². The zero-order valence-electron chi connectivity index (χ0n) is 10.6. The number of nitrogens with zero attached hydrogens (tertiary/aromatic N) is 1. The third kappa shape index (κ3) is 4.16. The minimum atomic E-state index is -4.40. The highest BCUT2D eigenvalue weighted by Gasteiger charge is 2.30. The van der Waals surface area contributed by atoms with Crippen molar-refractivity contribution in [1.82, 2.24) is 4.98 Å². The predicted molar refractivity (Wildman–Crippen MR) is 75.0 cm³/mol. The van der Waals surface area contributed by atoms with Crippen LogP contribution in [-0.4, -0.2) is 11.3 Å². The van der Waals surface area contributed by atoms with Gasteiger partial charge in [0.2, 0.25) is 0 Å². The number of pyridine rings is 1. The monoisotopic (exact) mass is 311 g/mol. The largest absolute Gasteiger partial charge is 0.417 e. The summed E-state index contributed by atoms with van der Waals surface area (Å²) < 4.78 is 37.2. The van der Waals surface area contributed by atoms with Crippen LogP contribution in [0.3, 0.4) is 0 Å². The molecule has 1 aromatic heterocycles. The van der Waals surface area contributed by atoms with Gasteiger partial charge in [0.05, 0.1) is 11.3 Å². The van der Waals surface area contributed by atoms with Gasteiger partial charge in [-0.15, -0.1) is 0 Å². The topological polar surface area (TPSA) is 30.0 Å². The van der Waals surface area contributed by atoms with Crippen LogP contribution >= 0.6 is 11.6 Å². The van der Waals surface area contributed by atoms with Crippen LogP contribution in [0.5, 0.6) is 0 Å². The van der Waals surface area contributed by atoms with Crippen molar-refractivity contribution < 1.29 is 18.0 Å². The van der Waals surface area contributed by atoms with Gasteiger partial charge < -0.3 is 0 Å². The van der Waals surface area contributed by atoms with Crippen molar-refractivity contribution in [3.63, 3.8) is 0 Å². The van der Waals surface area contributed by atoms with Gasteiger partial charge in [0, 0.05) is 16.8 Å². The summed E-state index contributed by atoms with van der Waals surface area (Å²) in [7, 11) is 0. The molecular weight excluding hydrogens is 303 g/mol. The summed E-state index contributed by atoms with van der Waals surface area (Å²) >= 11 is 5.85. The van der Waals surface area contributed by atoms with Gasteiger partial charge in [0.15, 0.2) is 0 Å². The molecule has 108 valence electrons. The SMILES string of the molecule is O=Cc1cc(Cl)cc(/C=C/c2ccc(C(F)(F)F)cn2)c1. The van der Waals surface area contributed by atoms with Gasteiger partial charge >= 0.3 is 6.18 Å². The molecule has 2 nitrogen and oxygen atoms in total. The van der Waals surface area contributed by atoms with Crippen LogP contribution in [0, 0.1) is 0 Å². The Morgan fingerprint density at radius 3 is 2.33 bits per heavy atom. The molecule has 0 aliphatic heterocycles. The summed E-state index contributed by atoms with van der Waals surface area (Å²) in [6, 6.07) is 6.99. The van der Waals surface area contributed by atoms with Gasteiger partial charge in [-0.3, -0.25) is 9.78 Å². The van der Waals surface area contributed by atoms with Crippen molar-refractivity contribution in [2.24, 2.45) is 0 Å². The maximum atomic E-state index is 12.4. The molecule has 0 N–H and O–H groups in total. The first kappa shape index (κ1) is 15.3. The number of halogens is 4. The zero-order chi connectivity index (χ0) is 15.5. The molecule has 2 rings (SSSR count). The third-order valence-electron chi connectivity index (χ3n) is 2.64. The van der Waals surface area contributed by atoms with Crippen molar-refractivity contribution in [2.75, 3.05) is 0 Å². The summed E-state index contributed by atoms with van der Waals surface area (Å²) in [5.74, 6) is 0. The van der Waals surface area contributed by atoms with Gasteiger partial charge in [-0.25, -0.2) is 0 Å². The number of rotatable bonds is 3. The van der Waals surface area contributed by atoms with Crippen LogP contribution < -0.4 is 0 Å². The van der Waals surface area contributed by atoms with E-state index in [1.54, 1.807) is 24.3 Å². The molecule has 21 heavy (non-hydrogen) atoms. The lowest BCUT2D eigenvalue weighted by Gasteiger charge is -2.05. The molecule has 1 heterocycles. The Morgan fingerprint density at radius 2 is 1.76 bits per heavy atom. The van der Waals surface area contributed by atoms with E-state index in [1.165, 1.54) is 12.1 Å². The molecule has 0 saturated heterocycles. The normalized spacial score (nSPS) is 11.8. The van der Waals surface area contributed by atoms with Gasteiger partial charge in [-0.05, 0) is 42.0 Å². The Hall–Kier alpha value is -2.14. The highest BCUT2D eigenvalue weighted by Crippen LogP contribution is 2.28. The molecule has 0 radical (unpaired) electrons. The minimum Gasteiger partial charge on any atom is -0.298 e. The van der Waals surface area contributed by atoms with Gasteiger partial charge in [-0.1, -0.05) is 17.7 Å². The summed E-state index contributed by atoms with van der Waals surface area (Å²) in [6.07, 6.45) is 0.198. The summed E-state index contributed by atoms with van der Waals surface area (Å²) in [5.41, 5.74) is 0.648. The molecule has 0 aliphatic carbocycles. The van der Waals surface area contributed by atoms with Crippen LogP contribution in [0.4, 0.5) is 13.2 Å². The van der Waals surface area contributed by atoms with Crippen molar-refractivity contribution >= 4 is 30.0 Å². The van der Waals surface area contributed by atoms with Crippen molar-refractivity contribution in [3.05, 3.63) is 63.9 Å². The Bertz CT molecular complexity index is 678. The summed E-state index contributed by atoms with van der Waals surface area (Å²) in [4.78, 5) is 14.4. The Morgan fingerprint density at radius 1 is 1.05 bits per heavy atom.